The number of aromatic nitrogens is 3. The van der Waals surface area contributed by atoms with Crippen molar-refractivity contribution in [3.8, 4) is 0 Å². The first-order chi connectivity index (χ1) is 7.27. The SMILES string of the molecule is Cn1ccn(CCc2cccnc2)c1=O. The van der Waals surface area contributed by atoms with Crippen molar-refractivity contribution in [1.29, 1.82) is 0 Å². The Morgan fingerprint density at radius 3 is 2.87 bits per heavy atom. The van der Waals surface area contributed by atoms with Crippen molar-refractivity contribution in [2.45, 2.75) is 13.0 Å². The second-order valence-corrected chi connectivity index (χ2v) is 3.50. The molecule has 0 radical (unpaired) electrons. The number of rotatable bonds is 3. The molecule has 0 aliphatic rings. The van der Waals surface area contributed by atoms with Crippen LogP contribution in [0.4, 0.5) is 0 Å². The van der Waals surface area contributed by atoms with Gasteiger partial charge in [-0.2, -0.15) is 0 Å². The van der Waals surface area contributed by atoms with Crippen LogP contribution in [0.3, 0.4) is 0 Å². The van der Waals surface area contributed by atoms with E-state index in [0.29, 0.717) is 6.54 Å². The van der Waals surface area contributed by atoms with Crippen molar-refractivity contribution in [3.63, 3.8) is 0 Å². The highest BCUT2D eigenvalue weighted by molar-refractivity contribution is 5.08. The van der Waals surface area contributed by atoms with Crippen LogP contribution in [-0.2, 0) is 20.0 Å². The Balaban J connectivity index is 2.06. The van der Waals surface area contributed by atoms with Crippen molar-refractivity contribution in [2.75, 3.05) is 0 Å². The monoisotopic (exact) mass is 203 g/mol. The summed E-state index contributed by atoms with van der Waals surface area (Å²) < 4.78 is 3.27. The van der Waals surface area contributed by atoms with Crippen molar-refractivity contribution in [3.05, 3.63) is 53.0 Å². The van der Waals surface area contributed by atoms with Crippen LogP contribution in [0.1, 0.15) is 5.56 Å². The van der Waals surface area contributed by atoms with Gasteiger partial charge in [-0.25, -0.2) is 4.79 Å². The number of imidazole rings is 1. The van der Waals surface area contributed by atoms with Gasteiger partial charge in [-0.05, 0) is 18.1 Å². The second-order valence-electron chi connectivity index (χ2n) is 3.50. The van der Waals surface area contributed by atoms with Gasteiger partial charge in [0.25, 0.3) is 0 Å². The Bertz CT molecular complexity index is 484. The lowest BCUT2D eigenvalue weighted by molar-refractivity contribution is 0.648. The summed E-state index contributed by atoms with van der Waals surface area (Å²) in [5.74, 6) is 0. The van der Waals surface area contributed by atoms with E-state index in [4.69, 9.17) is 0 Å². The van der Waals surface area contributed by atoms with Gasteiger partial charge in [-0.1, -0.05) is 6.07 Å². The summed E-state index contributed by atoms with van der Waals surface area (Å²) in [6.45, 7) is 0.700. The van der Waals surface area contributed by atoms with Gasteiger partial charge in [-0.3, -0.25) is 9.55 Å². The highest BCUT2D eigenvalue weighted by Gasteiger charge is 1.99. The summed E-state index contributed by atoms with van der Waals surface area (Å²) in [5, 5.41) is 0. The molecule has 0 unspecified atom stereocenters. The molecule has 2 rings (SSSR count). The lowest BCUT2D eigenvalue weighted by atomic mass is 10.2. The predicted molar refractivity (Wildman–Crippen MR) is 57.6 cm³/mol. The average Bonchev–Trinajstić information content (AvgIpc) is 2.59. The molecule has 0 aromatic carbocycles. The smallest absolute Gasteiger partial charge is 0.302 e. The van der Waals surface area contributed by atoms with Gasteiger partial charge >= 0.3 is 5.69 Å². The van der Waals surface area contributed by atoms with Gasteiger partial charge < -0.3 is 4.57 Å². The highest BCUT2D eigenvalue weighted by atomic mass is 16.1. The minimum absolute atomic E-state index is 0.0268. The third-order valence-electron chi connectivity index (χ3n) is 2.38. The molecule has 0 amide bonds. The molecule has 0 saturated carbocycles. The summed E-state index contributed by atoms with van der Waals surface area (Å²) in [6, 6.07) is 3.92. The molecular weight excluding hydrogens is 190 g/mol. The van der Waals surface area contributed by atoms with Gasteiger partial charge in [0, 0.05) is 38.4 Å². The molecule has 2 heterocycles. The third kappa shape index (κ3) is 2.15. The van der Waals surface area contributed by atoms with Crippen molar-refractivity contribution >= 4 is 0 Å². The number of hydrogen-bond donors (Lipinski definition) is 0. The van der Waals surface area contributed by atoms with Crippen molar-refractivity contribution in [1.82, 2.24) is 14.1 Å². The van der Waals surface area contributed by atoms with E-state index in [1.54, 1.807) is 34.8 Å². The van der Waals surface area contributed by atoms with Crippen LogP contribution in [0.25, 0.3) is 0 Å². The maximum absolute atomic E-state index is 11.5. The molecule has 0 saturated heterocycles. The maximum Gasteiger partial charge on any atom is 0.327 e. The van der Waals surface area contributed by atoms with Crippen LogP contribution < -0.4 is 5.69 Å². The Morgan fingerprint density at radius 2 is 2.27 bits per heavy atom. The largest absolute Gasteiger partial charge is 0.327 e. The van der Waals surface area contributed by atoms with Crippen LogP contribution in [0.15, 0.2) is 41.7 Å². The van der Waals surface area contributed by atoms with Crippen molar-refractivity contribution < 1.29 is 0 Å². The molecule has 4 heteroatoms. The van der Waals surface area contributed by atoms with E-state index in [9.17, 15) is 4.79 Å². The summed E-state index contributed by atoms with van der Waals surface area (Å²) in [4.78, 5) is 15.5. The zero-order chi connectivity index (χ0) is 10.7. The van der Waals surface area contributed by atoms with Gasteiger partial charge in [0.05, 0.1) is 0 Å². The summed E-state index contributed by atoms with van der Waals surface area (Å²) >= 11 is 0. The fraction of sp³-hybridized carbons (Fsp3) is 0.273. The molecule has 78 valence electrons. The molecule has 15 heavy (non-hydrogen) atoms. The molecule has 0 fully saturated rings. The van der Waals surface area contributed by atoms with E-state index in [1.807, 2.05) is 18.3 Å². The second kappa shape index (κ2) is 4.13. The quantitative estimate of drug-likeness (QED) is 0.741. The van der Waals surface area contributed by atoms with Crippen LogP contribution in [0.2, 0.25) is 0 Å². The molecule has 0 aliphatic heterocycles. The molecule has 0 N–H and O–H groups in total. The topological polar surface area (TPSA) is 39.8 Å². The van der Waals surface area contributed by atoms with Crippen LogP contribution >= 0.6 is 0 Å². The van der Waals surface area contributed by atoms with Gasteiger partial charge in [-0.15, -0.1) is 0 Å². The summed E-state index contributed by atoms with van der Waals surface area (Å²) in [5.41, 5.74) is 1.17. The first-order valence-corrected chi connectivity index (χ1v) is 4.88. The van der Waals surface area contributed by atoms with E-state index in [0.717, 1.165) is 12.0 Å². The standard InChI is InChI=1S/C11H13N3O/c1-13-7-8-14(11(13)15)6-4-10-3-2-5-12-9-10/h2-3,5,7-9H,4,6H2,1H3. The van der Waals surface area contributed by atoms with E-state index in [1.165, 1.54) is 0 Å². The van der Waals surface area contributed by atoms with E-state index < -0.39 is 0 Å². The first-order valence-electron chi connectivity index (χ1n) is 4.88. The number of pyridine rings is 1. The van der Waals surface area contributed by atoms with Gasteiger partial charge in [0.15, 0.2) is 0 Å². The van der Waals surface area contributed by atoms with E-state index >= 15 is 0 Å². The van der Waals surface area contributed by atoms with Gasteiger partial charge in [0.1, 0.15) is 0 Å². The zero-order valence-electron chi connectivity index (χ0n) is 8.63. The normalized spacial score (nSPS) is 10.5. The first kappa shape index (κ1) is 9.71. The summed E-state index contributed by atoms with van der Waals surface area (Å²) in [6.07, 6.45) is 7.98. The van der Waals surface area contributed by atoms with Crippen LogP contribution in [-0.4, -0.2) is 14.1 Å². The summed E-state index contributed by atoms with van der Waals surface area (Å²) in [7, 11) is 1.75. The van der Waals surface area contributed by atoms with E-state index in [-0.39, 0.29) is 5.69 Å². The molecule has 4 nitrogen and oxygen atoms in total. The van der Waals surface area contributed by atoms with Gasteiger partial charge in [0.2, 0.25) is 0 Å². The highest BCUT2D eigenvalue weighted by Crippen LogP contribution is 1.98. The molecule has 0 aliphatic carbocycles. The minimum atomic E-state index is 0.0268. The molecule has 2 aromatic rings. The van der Waals surface area contributed by atoms with Crippen LogP contribution in [0.5, 0.6) is 0 Å². The fourth-order valence-corrected chi connectivity index (χ4v) is 1.48. The predicted octanol–water partition coefficient (Wildman–Crippen LogP) is 0.824. The molecule has 0 bridgehead atoms. The average molecular weight is 203 g/mol. The zero-order valence-corrected chi connectivity index (χ0v) is 8.63. The Kier molecular flexibility index (Phi) is 2.67. The Hall–Kier alpha value is -1.84. The van der Waals surface area contributed by atoms with Crippen molar-refractivity contribution in [2.24, 2.45) is 7.05 Å². The Labute approximate surface area is 87.8 Å². The number of nitrogens with zero attached hydrogens (tertiary/aromatic N) is 3. The Morgan fingerprint density at radius 1 is 1.40 bits per heavy atom. The van der Waals surface area contributed by atoms with Crippen LogP contribution in [0, 0.1) is 0 Å². The third-order valence-corrected chi connectivity index (χ3v) is 2.38. The lowest BCUT2D eigenvalue weighted by Gasteiger charge is -2.00. The molecule has 0 spiro atoms. The number of hydrogen-bond acceptors (Lipinski definition) is 2. The fourth-order valence-electron chi connectivity index (χ4n) is 1.48. The minimum Gasteiger partial charge on any atom is -0.302 e. The molecule has 2 aromatic heterocycles. The number of aryl methyl sites for hydroxylation is 3. The van der Waals surface area contributed by atoms with E-state index in [2.05, 4.69) is 4.98 Å². The maximum atomic E-state index is 11.5. The molecule has 0 atom stereocenters. The molecular formula is C11H13N3O. The lowest BCUT2D eigenvalue weighted by Crippen LogP contribution is -2.22.